The van der Waals surface area contributed by atoms with Gasteiger partial charge in [0.15, 0.2) is 0 Å². The molecule has 2 aromatic heterocycles. The third kappa shape index (κ3) is 4.13. The quantitative estimate of drug-likeness (QED) is 0.825. The van der Waals surface area contributed by atoms with Crippen molar-refractivity contribution in [3.05, 3.63) is 59.2 Å². The summed E-state index contributed by atoms with van der Waals surface area (Å²) in [5.41, 5.74) is 3.07. The summed E-state index contributed by atoms with van der Waals surface area (Å²) in [7, 11) is 0. The molecule has 5 heteroatoms. The summed E-state index contributed by atoms with van der Waals surface area (Å²) >= 11 is 0. The molecule has 2 heterocycles. The molecule has 0 aliphatic rings. The molecule has 0 spiro atoms. The molecule has 0 fully saturated rings. The van der Waals surface area contributed by atoms with E-state index in [1.165, 1.54) is 6.20 Å². The van der Waals surface area contributed by atoms with Crippen LogP contribution in [-0.4, -0.2) is 27.6 Å². The minimum Gasteiger partial charge on any atom is -0.384 e. The largest absolute Gasteiger partial charge is 0.384 e. The molecule has 0 aromatic carbocycles. The number of amides is 1. The number of carbonyl (C=O) groups excluding carboxylic acids is 1. The highest BCUT2D eigenvalue weighted by Crippen LogP contribution is 2.06. The van der Waals surface area contributed by atoms with Gasteiger partial charge in [-0.3, -0.25) is 14.8 Å². The van der Waals surface area contributed by atoms with E-state index < -0.39 is 0 Å². The van der Waals surface area contributed by atoms with Gasteiger partial charge in [0.05, 0.1) is 5.56 Å². The van der Waals surface area contributed by atoms with Gasteiger partial charge < -0.3 is 10.4 Å². The molecule has 0 aliphatic carbocycles. The van der Waals surface area contributed by atoms with Gasteiger partial charge in [0, 0.05) is 36.9 Å². The van der Waals surface area contributed by atoms with Crippen molar-refractivity contribution in [2.45, 2.75) is 13.5 Å². The molecule has 0 saturated heterocycles. The van der Waals surface area contributed by atoms with Crippen molar-refractivity contribution in [2.24, 2.45) is 0 Å². The summed E-state index contributed by atoms with van der Waals surface area (Å²) in [6.07, 6.45) is 6.49. The number of carbonyl (C=O) groups is 1. The Hall–Kier alpha value is -2.71. The molecule has 0 radical (unpaired) electrons. The van der Waals surface area contributed by atoms with Crippen LogP contribution in [0.25, 0.3) is 0 Å². The Labute approximate surface area is 123 Å². The van der Waals surface area contributed by atoms with Gasteiger partial charge in [-0.2, -0.15) is 0 Å². The number of pyridine rings is 2. The molecule has 0 bridgehead atoms. The third-order valence-electron chi connectivity index (χ3n) is 2.89. The fourth-order valence-corrected chi connectivity index (χ4v) is 1.75. The maximum atomic E-state index is 12.1. The first kappa shape index (κ1) is 14.7. The zero-order valence-corrected chi connectivity index (χ0v) is 11.6. The first-order chi connectivity index (χ1) is 10.2. The van der Waals surface area contributed by atoms with Crippen LogP contribution in [-0.2, 0) is 6.54 Å². The normalized spacial score (nSPS) is 9.62. The summed E-state index contributed by atoms with van der Waals surface area (Å²) in [4.78, 5) is 20.1. The summed E-state index contributed by atoms with van der Waals surface area (Å²) < 4.78 is 0. The van der Waals surface area contributed by atoms with E-state index in [4.69, 9.17) is 5.11 Å². The summed E-state index contributed by atoms with van der Waals surface area (Å²) in [6.45, 7) is 2.15. The molecule has 2 rings (SSSR count). The topological polar surface area (TPSA) is 75.1 Å². The average Bonchev–Trinajstić information content (AvgIpc) is 2.52. The highest BCUT2D eigenvalue weighted by molar-refractivity contribution is 5.94. The summed E-state index contributed by atoms with van der Waals surface area (Å²) in [5, 5.41) is 11.5. The zero-order valence-electron chi connectivity index (χ0n) is 11.6. The van der Waals surface area contributed by atoms with Crippen molar-refractivity contribution < 1.29 is 9.90 Å². The molecule has 5 nitrogen and oxygen atoms in total. The van der Waals surface area contributed by atoms with Crippen LogP contribution in [0, 0.1) is 18.8 Å². The molecule has 106 valence electrons. The lowest BCUT2D eigenvalue weighted by Crippen LogP contribution is -2.23. The zero-order chi connectivity index (χ0) is 15.1. The summed E-state index contributed by atoms with van der Waals surface area (Å²) in [5.74, 6) is 5.03. The van der Waals surface area contributed by atoms with E-state index in [9.17, 15) is 4.79 Å². The van der Waals surface area contributed by atoms with Crippen LogP contribution in [0.2, 0.25) is 0 Å². The van der Waals surface area contributed by atoms with Crippen molar-refractivity contribution in [1.82, 2.24) is 15.3 Å². The van der Waals surface area contributed by atoms with E-state index in [-0.39, 0.29) is 12.5 Å². The van der Waals surface area contributed by atoms with Crippen LogP contribution >= 0.6 is 0 Å². The number of nitrogens with one attached hydrogen (secondary N) is 1. The van der Waals surface area contributed by atoms with Crippen LogP contribution in [0.3, 0.4) is 0 Å². The number of nitrogens with zero attached hydrogens (tertiary/aromatic N) is 2. The number of aromatic nitrogens is 2. The van der Waals surface area contributed by atoms with Gasteiger partial charge in [0.2, 0.25) is 0 Å². The molecule has 21 heavy (non-hydrogen) atoms. The molecular weight excluding hydrogens is 266 g/mol. The van der Waals surface area contributed by atoms with Crippen LogP contribution in [0.5, 0.6) is 0 Å². The second kappa shape index (κ2) is 7.17. The predicted octanol–water partition coefficient (Wildman–Crippen LogP) is 1.06. The smallest absolute Gasteiger partial charge is 0.253 e. The second-order valence-corrected chi connectivity index (χ2v) is 4.41. The van der Waals surface area contributed by atoms with Crippen molar-refractivity contribution in [3.8, 4) is 11.8 Å². The van der Waals surface area contributed by atoms with Crippen molar-refractivity contribution in [1.29, 1.82) is 0 Å². The Morgan fingerprint density at radius 1 is 1.33 bits per heavy atom. The van der Waals surface area contributed by atoms with E-state index in [1.54, 1.807) is 24.7 Å². The minimum absolute atomic E-state index is 0.216. The third-order valence-corrected chi connectivity index (χ3v) is 2.89. The molecule has 1 amide bonds. The lowest BCUT2D eigenvalue weighted by atomic mass is 10.1. The maximum Gasteiger partial charge on any atom is 0.253 e. The molecule has 0 atom stereocenters. The Morgan fingerprint density at radius 2 is 2.19 bits per heavy atom. The number of aliphatic hydroxyl groups excluding tert-OH is 1. The van der Waals surface area contributed by atoms with E-state index in [0.717, 1.165) is 11.1 Å². The first-order valence-corrected chi connectivity index (χ1v) is 6.43. The highest BCUT2D eigenvalue weighted by atomic mass is 16.2. The lowest BCUT2D eigenvalue weighted by Gasteiger charge is -2.07. The standard InChI is InChI=1S/C16H15N3O2/c1-12-8-17-5-4-14(12)11-19-16(21)15-7-13(3-2-6-20)9-18-10-15/h4-5,7-10,20H,6,11H2,1H3,(H,19,21). The van der Waals surface area contributed by atoms with Gasteiger partial charge in [0.1, 0.15) is 6.61 Å². The SMILES string of the molecule is Cc1cnccc1CNC(=O)c1cncc(C#CCO)c1. The lowest BCUT2D eigenvalue weighted by molar-refractivity contribution is 0.0950. The predicted molar refractivity (Wildman–Crippen MR) is 78.3 cm³/mol. The number of rotatable bonds is 3. The van der Waals surface area contributed by atoms with Gasteiger partial charge >= 0.3 is 0 Å². The Balaban J connectivity index is 2.05. The van der Waals surface area contributed by atoms with E-state index in [1.807, 2.05) is 13.0 Å². The van der Waals surface area contributed by atoms with E-state index in [2.05, 4.69) is 27.1 Å². The van der Waals surface area contributed by atoms with Gasteiger partial charge in [-0.25, -0.2) is 0 Å². The second-order valence-electron chi connectivity index (χ2n) is 4.41. The fourth-order valence-electron chi connectivity index (χ4n) is 1.75. The average molecular weight is 281 g/mol. The van der Waals surface area contributed by atoms with Crippen LogP contribution in [0.1, 0.15) is 27.0 Å². The Bertz CT molecular complexity index is 702. The molecular formula is C16H15N3O2. The van der Waals surface area contributed by atoms with Crippen molar-refractivity contribution in [2.75, 3.05) is 6.61 Å². The number of aryl methyl sites for hydroxylation is 1. The molecule has 0 unspecified atom stereocenters. The maximum absolute atomic E-state index is 12.1. The molecule has 0 aliphatic heterocycles. The van der Waals surface area contributed by atoms with E-state index in [0.29, 0.717) is 17.7 Å². The number of hydrogen-bond donors (Lipinski definition) is 2. The number of hydrogen-bond acceptors (Lipinski definition) is 4. The highest BCUT2D eigenvalue weighted by Gasteiger charge is 2.07. The van der Waals surface area contributed by atoms with Crippen LogP contribution < -0.4 is 5.32 Å². The minimum atomic E-state index is -0.224. The Morgan fingerprint density at radius 3 is 2.95 bits per heavy atom. The monoisotopic (exact) mass is 281 g/mol. The van der Waals surface area contributed by atoms with Crippen molar-refractivity contribution >= 4 is 5.91 Å². The van der Waals surface area contributed by atoms with Crippen molar-refractivity contribution in [3.63, 3.8) is 0 Å². The van der Waals surface area contributed by atoms with Crippen LogP contribution in [0.15, 0.2) is 36.9 Å². The van der Waals surface area contributed by atoms with Crippen LogP contribution in [0.4, 0.5) is 0 Å². The van der Waals surface area contributed by atoms with Gasteiger partial charge in [-0.1, -0.05) is 11.8 Å². The Kier molecular flexibility index (Phi) is 5.02. The first-order valence-electron chi connectivity index (χ1n) is 6.43. The number of aliphatic hydroxyl groups is 1. The van der Waals surface area contributed by atoms with Gasteiger partial charge in [-0.15, -0.1) is 0 Å². The van der Waals surface area contributed by atoms with E-state index >= 15 is 0 Å². The molecule has 2 N–H and O–H groups in total. The van der Waals surface area contributed by atoms with Gasteiger partial charge in [0.25, 0.3) is 5.91 Å². The molecule has 0 saturated carbocycles. The van der Waals surface area contributed by atoms with Gasteiger partial charge in [-0.05, 0) is 30.2 Å². The fraction of sp³-hybridized carbons (Fsp3) is 0.188. The molecule has 2 aromatic rings. The summed E-state index contributed by atoms with van der Waals surface area (Å²) in [6, 6.07) is 3.52.